The third-order valence-corrected chi connectivity index (χ3v) is 5.26. The van der Waals surface area contributed by atoms with Gasteiger partial charge in [-0.3, -0.25) is 4.90 Å². The Morgan fingerprint density at radius 2 is 1.72 bits per heavy atom. The SMILES string of the molecule is Cc1ccc2c(CN(Cc3ccco3)Cc3ccccc3O)cc(=O)oc2c1C. The Hall–Kier alpha value is -3.31. The summed E-state index contributed by atoms with van der Waals surface area (Å²) in [6.07, 6.45) is 1.65. The topological polar surface area (TPSA) is 66.8 Å². The van der Waals surface area contributed by atoms with Crippen molar-refractivity contribution in [3.8, 4) is 5.75 Å². The van der Waals surface area contributed by atoms with E-state index < -0.39 is 0 Å². The molecule has 0 aliphatic heterocycles. The molecule has 5 nitrogen and oxygen atoms in total. The predicted octanol–water partition coefficient (Wildman–Crippen LogP) is 4.91. The lowest BCUT2D eigenvalue weighted by atomic mass is 10.0. The van der Waals surface area contributed by atoms with Crippen molar-refractivity contribution in [2.75, 3.05) is 0 Å². The fraction of sp³-hybridized carbons (Fsp3) is 0.208. The van der Waals surface area contributed by atoms with Crippen LogP contribution < -0.4 is 5.63 Å². The van der Waals surface area contributed by atoms with Gasteiger partial charge in [-0.1, -0.05) is 30.3 Å². The first kappa shape index (κ1) is 19.0. The molecule has 29 heavy (non-hydrogen) atoms. The van der Waals surface area contributed by atoms with Crippen LogP contribution in [-0.2, 0) is 19.6 Å². The van der Waals surface area contributed by atoms with Crippen molar-refractivity contribution in [3.05, 3.63) is 99.3 Å². The molecule has 4 aromatic rings. The van der Waals surface area contributed by atoms with Gasteiger partial charge in [-0.15, -0.1) is 0 Å². The maximum atomic E-state index is 12.2. The largest absolute Gasteiger partial charge is 0.508 e. The molecular weight excluding hydrogens is 366 g/mol. The number of aryl methyl sites for hydroxylation is 2. The van der Waals surface area contributed by atoms with Crippen molar-refractivity contribution in [3.63, 3.8) is 0 Å². The van der Waals surface area contributed by atoms with Gasteiger partial charge in [0.05, 0.1) is 12.8 Å². The summed E-state index contributed by atoms with van der Waals surface area (Å²) in [5, 5.41) is 11.1. The van der Waals surface area contributed by atoms with Crippen LogP contribution in [0.3, 0.4) is 0 Å². The minimum absolute atomic E-state index is 0.251. The highest BCUT2D eigenvalue weighted by Gasteiger charge is 2.16. The highest BCUT2D eigenvalue weighted by molar-refractivity contribution is 5.83. The molecule has 0 unspecified atom stereocenters. The van der Waals surface area contributed by atoms with E-state index in [1.165, 1.54) is 0 Å². The van der Waals surface area contributed by atoms with E-state index in [4.69, 9.17) is 8.83 Å². The Balaban J connectivity index is 1.73. The minimum atomic E-state index is -0.360. The number of aromatic hydroxyl groups is 1. The minimum Gasteiger partial charge on any atom is -0.508 e. The summed E-state index contributed by atoms with van der Waals surface area (Å²) in [5.74, 6) is 1.07. The van der Waals surface area contributed by atoms with Crippen LogP contribution in [0.5, 0.6) is 5.75 Å². The fourth-order valence-electron chi connectivity index (χ4n) is 3.57. The van der Waals surface area contributed by atoms with Crippen LogP contribution in [0, 0.1) is 13.8 Å². The second-order valence-corrected chi connectivity index (χ2v) is 7.33. The number of fused-ring (bicyclic) bond motifs is 1. The predicted molar refractivity (Wildman–Crippen MR) is 112 cm³/mol. The number of hydrogen-bond donors (Lipinski definition) is 1. The Labute approximate surface area is 168 Å². The van der Waals surface area contributed by atoms with Gasteiger partial charge in [0.15, 0.2) is 0 Å². The van der Waals surface area contributed by atoms with Crippen molar-refractivity contribution >= 4 is 11.0 Å². The Morgan fingerprint density at radius 1 is 0.931 bits per heavy atom. The smallest absolute Gasteiger partial charge is 0.336 e. The van der Waals surface area contributed by atoms with Crippen LogP contribution >= 0.6 is 0 Å². The molecule has 0 spiro atoms. The molecule has 0 atom stereocenters. The van der Waals surface area contributed by atoms with Crippen molar-refractivity contribution in [2.45, 2.75) is 33.5 Å². The summed E-state index contributed by atoms with van der Waals surface area (Å²) < 4.78 is 11.0. The molecule has 0 bridgehead atoms. The monoisotopic (exact) mass is 389 g/mol. The third kappa shape index (κ3) is 4.10. The quantitative estimate of drug-likeness (QED) is 0.475. The highest BCUT2D eigenvalue weighted by atomic mass is 16.4. The van der Waals surface area contributed by atoms with Crippen molar-refractivity contribution in [1.29, 1.82) is 0 Å². The number of nitrogens with zero attached hydrogens (tertiary/aromatic N) is 1. The molecule has 1 N–H and O–H groups in total. The fourth-order valence-corrected chi connectivity index (χ4v) is 3.57. The van der Waals surface area contributed by atoms with E-state index in [1.807, 2.05) is 50.2 Å². The van der Waals surface area contributed by atoms with Gasteiger partial charge in [-0.05, 0) is 48.7 Å². The standard InChI is InChI=1S/C24H23NO4/c1-16-9-10-21-19(12-23(27)29-24(21)17(16)2)14-25(15-20-7-5-11-28-20)13-18-6-3-4-8-22(18)26/h3-12,26H,13-15H2,1-2H3. The molecule has 0 aliphatic carbocycles. The molecule has 5 heteroatoms. The zero-order valence-corrected chi connectivity index (χ0v) is 16.5. The maximum Gasteiger partial charge on any atom is 0.336 e. The van der Waals surface area contributed by atoms with Crippen molar-refractivity contribution in [1.82, 2.24) is 4.90 Å². The average Bonchev–Trinajstić information content (AvgIpc) is 3.20. The van der Waals surface area contributed by atoms with Gasteiger partial charge in [0.2, 0.25) is 0 Å². The summed E-state index contributed by atoms with van der Waals surface area (Å²) in [4.78, 5) is 14.4. The summed E-state index contributed by atoms with van der Waals surface area (Å²) in [6, 6.07) is 16.7. The summed E-state index contributed by atoms with van der Waals surface area (Å²) in [7, 11) is 0. The van der Waals surface area contributed by atoms with Crippen LogP contribution in [-0.4, -0.2) is 10.0 Å². The van der Waals surface area contributed by atoms with E-state index in [9.17, 15) is 9.90 Å². The molecule has 0 saturated heterocycles. The molecule has 148 valence electrons. The zero-order chi connectivity index (χ0) is 20.4. The van der Waals surface area contributed by atoms with E-state index in [0.29, 0.717) is 25.2 Å². The number of rotatable bonds is 6. The molecule has 2 aromatic heterocycles. The van der Waals surface area contributed by atoms with E-state index >= 15 is 0 Å². The molecule has 0 radical (unpaired) electrons. The van der Waals surface area contributed by atoms with Crippen LogP contribution in [0.4, 0.5) is 0 Å². The number of furan rings is 1. The molecular formula is C24H23NO4. The number of benzene rings is 2. The van der Waals surface area contributed by atoms with Crippen molar-refractivity contribution < 1.29 is 13.9 Å². The van der Waals surface area contributed by atoms with Gasteiger partial charge in [-0.25, -0.2) is 4.79 Å². The highest BCUT2D eigenvalue weighted by Crippen LogP contribution is 2.26. The number of para-hydroxylation sites is 1. The lowest BCUT2D eigenvalue weighted by molar-refractivity contribution is 0.224. The summed E-state index contributed by atoms with van der Waals surface area (Å²) >= 11 is 0. The van der Waals surface area contributed by atoms with E-state index in [1.54, 1.807) is 24.5 Å². The molecule has 2 heterocycles. The number of phenolic OH excluding ortho intramolecular Hbond substituents is 1. The normalized spacial score (nSPS) is 11.4. The molecule has 4 rings (SSSR count). The Kier molecular flexibility index (Phi) is 5.23. The number of phenols is 1. The van der Waals surface area contributed by atoms with Gasteiger partial charge in [0.25, 0.3) is 0 Å². The van der Waals surface area contributed by atoms with Crippen LogP contribution in [0.1, 0.15) is 28.0 Å². The molecule has 0 fully saturated rings. The molecule has 0 saturated carbocycles. The Bertz CT molecular complexity index is 1190. The van der Waals surface area contributed by atoms with E-state index in [-0.39, 0.29) is 11.4 Å². The van der Waals surface area contributed by atoms with Gasteiger partial charge in [0, 0.05) is 30.1 Å². The first-order chi connectivity index (χ1) is 14.0. The molecule has 0 aliphatic rings. The summed E-state index contributed by atoms with van der Waals surface area (Å²) in [6.45, 7) is 5.54. The lowest BCUT2D eigenvalue weighted by Gasteiger charge is -2.22. The molecule has 0 amide bonds. The lowest BCUT2D eigenvalue weighted by Crippen LogP contribution is -2.23. The second-order valence-electron chi connectivity index (χ2n) is 7.33. The van der Waals surface area contributed by atoms with Crippen LogP contribution in [0.15, 0.2) is 74.5 Å². The van der Waals surface area contributed by atoms with Gasteiger partial charge < -0.3 is 13.9 Å². The Morgan fingerprint density at radius 3 is 2.48 bits per heavy atom. The van der Waals surface area contributed by atoms with Gasteiger partial charge >= 0.3 is 5.63 Å². The summed E-state index contributed by atoms with van der Waals surface area (Å²) in [5.41, 5.74) is 4.04. The second kappa shape index (κ2) is 7.97. The average molecular weight is 389 g/mol. The first-order valence-electron chi connectivity index (χ1n) is 9.56. The zero-order valence-electron chi connectivity index (χ0n) is 16.5. The number of hydrogen-bond acceptors (Lipinski definition) is 5. The van der Waals surface area contributed by atoms with Crippen LogP contribution in [0.2, 0.25) is 0 Å². The van der Waals surface area contributed by atoms with Gasteiger partial charge in [0.1, 0.15) is 17.1 Å². The van der Waals surface area contributed by atoms with Gasteiger partial charge in [-0.2, -0.15) is 0 Å². The third-order valence-electron chi connectivity index (χ3n) is 5.26. The van der Waals surface area contributed by atoms with E-state index in [2.05, 4.69) is 4.90 Å². The van der Waals surface area contributed by atoms with Crippen LogP contribution in [0.25, 0.3) is 11.0 Å². The molecule has 2 aromatic carbocycles. The van der Waals surface area contributed by atoms with Crippen molar-refractivity contribution in [2.24, 2.45) is 0 Å². The first-order valence-corrected chi connectivity index (χ1v) is 9.56. The van der Waals surface area contributed by atoms with E-state index in [0.717, 1.165) is 33.4 Å². The maximum absolute atomic E-state index is 12.2.